The van der Waals surface area contributed by atoms with E-state index in [-0.39, 0.29) is 5.92 Å². The van der Waals surface area contributed by atoms with Crippen molar-refractivity contribution in [3.05, 3.63) is 28.2 Å². The molecule has 4 bridgehead atoms. The maximum Gasteiger partial charge on any atom is 0.223 e. The van der Waals surface area contributed by atoms with Crippen LogP contribution in [0.1, 0.15) is 63.3 Å². The normalized spacial score (nSPS) is 33.8. The second kappa shape index (κ2) is 5.93. The Morgan fingerprint density at radius 3 is 2.73 bits per heavy atom. The number of rotatable bonds is 3. The third kappa shape index (κ3) is 2.68. The van der Waals surface area contributed by atoms with Crippen LogP contribution in [0.15, 0.2) is 18.2 Å². The number of para-hydroxylation sites is 1. The lowest BCUT2D eigenvalue weighted by Crippen LogP contribution is -2.62. The van der Waals surface area contributed by atoms with E-state index in [2.05, 4.69) is 24.8 Å². The summed E-state index contributed by atoms with van der Waals surface area (Å²) in [5.74, 6) is 1.33. The third-order valence-corrected chi connectivity index (χ3v) is 8.37. The lowest BCUT2D eigenvalue weighted by Gasteiger charge is -2.60. The number of piperidine rings is 2. The molecule has 0 N–H and O–H groups in total. The van der Waals surface area contributed by atoms with Gasteiger partial charge in [-0.1, -0.05) is 31.5 Å². The average Bonchev–Trinajstić information content (AvgIpc) is 2.98. The molecule has 3 unspecified atom stereocenters. The molecule has 1 aromatic heterocycles. The van der Waals surface area contributed by atoms with Crippen molar-refractivity contribution in [2.75, 3.05) is 0 Å². The van der Waals surface area contributed by atoms with E-state index >= 15 is 0 Å². The SMILES string of the molecule is CC(CC(=O)N1C2CC3CC1CC(C)(C3)C2)c1nc2c(Cl)cccc2s1. The fourth-order valence-corrected chi connectivity index (χ4v) is 7.33. The molecule has 2 aliphatic carbocycles. The minimum absolute atomic E-state index is 0.142. The molecule has 3 atom stereocenters. The van der Waals surface area contributed by atoms with Gasteiger partial charge in [0, 0.05) is 24.4 Å². The van der Waals surface area contributed by atoms with Gasteiger partial charge < -0.3 is 4.90 Å². The van der Waals surface area contributed by atoms with Gasteiger partial charge in [0.05, 0.1) is 14.7 Å². The number of halogens is 1. The molecule has 5 heteroatoms. The van der Waals surface area contributed by atoms with Crippen molar-refractivity contribution < 1.29 is 4.79 Å². The Balaban J connectivity index is 1.34. The minimum atomic E-state index is 0.142. The molecule has 6 rings (SSSR count). The zero-order chi connectivity index (χ0) is 18.1. The summed E-state index contributed by atoms with van der Waals surface area (Å²) < 4.78 is 1.11. The van der Waals surface area contributed by atoms with E-state index in [0.29, 0.717) is 34.8 Å². The van der Waals surface area contributed by atoms with Gasteiger partial charge in [-0.05, 0) is 55.6 Å². The zero-order valence-electron chi connectivity index (χ0n) is 15.4. The van der Waals surface area contributed by atoms with Gasteiger partial charge in [0.25, 0.3) is 0 Å². The molecule has 2 aliphatic heterocycles. The first kappa shape index (κ1) is 17.0. The van der Waals surface area contributed by atoms with E-state index in [9.17, 15) is 4.79 Å². The molecule has 2 saturated heterocycles. The lowest BCUT2D eigenvalue weighted by atomic mass is 9.56. The number of nitrogens with zero attached hydrogens (tertiary/aromatic N) is 2. The van der Waals surface area contributed by atoms with Gasteiger partial charge in [-0.2, -0.15) is 0 Å². The largest absolute Gasteiger partial charge is 0.337 e. The van der Waals surface area contributed by atoms with Crippen LogP contribution in [-0.2, 0) is 4.79 Å². The number of thiazole rings is 1. The highest BCUT2D eigenvalue weighted by Gasteiger charge is 2.53. The molecule has 4 fully saturated rings. The van der Waals surface area contributed by atoms with Gasteiger partial charge in [0.1, 0.15) is 5.52 Å². The van der Waals surface area contributed by atoms with Crippen molar-refractivity contribution in [3.8, 4) is 0 Å². The highest BCUT2D eigenvalue weighted by atomic mass is 35.5. The van der Waals surface area contributed by atoms with Gasteiger partial charge in [0.2, 0.25) is 5.91 Å². The molecule has 1 aromatic carbocycles. The summed E-state index contributed by atoms with van der Waals surface area (Å²) in [6.45, 7) is 4.57. The molecule has 0 spiro atoms. The number of fused-ring (bicyclic) bond motifs is 1. The summed E-state index contributed by atoms with van der Waals surface area (Å²) in [7, 11) is 0. The Labute approximate surface area is 163 Å². The molecule has 26 heavy (non-hydrogen) atoms. The van der Waals surface area contributed by atoms with Crippen molar-refractivity contribution in [2.45, 2.75) is 70.4 Å². The number of hydrogen-bond donors (Lipinski definition) is 0. The molecule has 2 aromatic rings. The van der Waals surface area contributed by atoms with Crippen LogP contribution in [0.25, 0.3) is 10.2 Å². The molecular formula is C21H25ClN2OS. The predicted molar refractivity (Wildman–Crippen MR) is 107 cm³/mol. The summed E-state index contributed by atoms with van der Waals surface area (Å²) >= 11 is 7.94. The monoisotopic (exact) mass is 388 g/mol. The summed E-state index contributed by atoms with van der Waals surface area (Å²) in [4.78, 5) is 20.2. The third-order valence-electron chi connectivity index (χ3n) is 6.81. The minimum Gasteiger partial charge on any atom is -0.337 e. The molecule has 3 heterocycles. The van der Waals surface area contributed by atoms with Crippen LogP contribution in [0, 0.1) is 11.3 Å². The zero-order valence-corrected chi connectivity index (χ0v) is 16.9. The van der Waals surface area contributed by atoms with E-state index in [1.54, 1.807) is 11.3 Å². The summed E-state index contributed by atoms with van der Waals surface area (Å²) in [5, 5.41) is 1.72. The Morgan fingerprint density at radius 2 is 2.08 bits per heavy atom. The molecule has 2 saturated carbocycles. The van der Waals surface area contributed by atoms with Gasteiger partial charge in [-0.15, -0.1) is 11.3 Å². The number of hydrogen-bond acceptors (Lipinski definition) is 3. The number of benzene rings is 1. The van der Waals surface area contributed by atoms with Crippen molar-refractivity contribution >= 4 is 39.1 Å². The van der Waals surface area contributed by atoms with E-state index in [1.165, 1.54) is 32.1 Å². The first-order valence-corrected chi connectivity index (χ1v) is 11.0. The summed E-state index contributed by atoms with van der Waals surface area (Å²) in [6, 6.07) is 6.86. The predicted octanol–water partition coefficient (Wildman–Crippen LogP) is 5.62. The van der Waals surface area contributed by atoms with Crippen molar-refractivity contribution in [1.29, 1.82) is 0 Å². The highest BCUT2D eigenvalue weighted by molar-refractivity contribution is 7.18. The van der Waals surface area contributed by atoms with Gasteiger partial charge in [0.15, 0.2) is 0 Å². The van der Waals surface area contributed by atoms with E-state index in [0.717, 1.165) is 21.1 Å². The van der Waals surface area contributed by atoms with Crippen LogP contribution in [-0.4, -0.2) is 27.9 Å². The Morgan fingerprint density at radius 1 is 1.35 bits per heavy atom. The molecule has 1 amide bonds. The Hall–Kier alpha value is -1.13. The standard InChI is InChI=1S/C21H25ClN2OS/c1-12(20-23-19-16(22)4-3-5-17(19)26-20)6-18(25)24-14-7-13-8-15(24)11-21(2,9-13)10-14/h3-5,12-15H,6-11H2,1-2H3. The second-order valence-electron chi connectivity index (χ2n) is 9.11. The number of carbonyl (C=O) groups is 1. The molecule has 138 valence electrons. The quantitative estimate of drug-likeness (QED) is 0.683. The van der Waals surface area contributed by atoms with Gasteiger partial charge in [-0.25, -0.2) is 4.98 Å². The van der Waals surface area contributed by atoms with Crippen LogP contribution in [0.2, 0.25) is 5.02 Å². The summed E-state index contributed by atoms with van der Waals surface area (Å²) in [5.41, 5.74) is 1.36. The van der Waals surface area contributed by atoms with Crippen LogP contribution in [0.3, 0.4) is 0 Å². The smallest absolute Gasteiger partial charge is 0.223 e. The van der Waals surface area contributed by atoms with Crippen LogP contribution in [0.5, 0.6) is 0 Å². The van der Waals surface area contributed by atoms with Crippen LogP contribution >= 0.6 is 22.9 Å². The van der Waals surface area contributed by atoms with Gasteiger partial charge in [-0.3, -0.25) is 4.79 Å². The maximum atomic E-state index is 13.2. The number of amides is 1. The highest BCUT2D eigenvalue weighted by Crippen LogP contribution is 2.56. The molecule has 3 nitrogen and oxygen atoms in total. The van der Waals surface area contributed by atoms with E-state index < -0.39 is 0 Å². The van der Waals surface area contributed by atoms with Crippen LogP contribution in [0.4, 0.5) is 0 Å². The van der Waals surface area contributed by atoms with Crippen molar-refractivity contribution in [3.63, 3.8) is 0 Å². The lowest BCUT2D eigenvalue weighted by molar-refractivity contribution is -0.156. The van der Waals surface area contributed by atoms with Crippen molar-refractivity contribution in [1.82, 2.24) is 9.88 Å². The van der Waals surface area contributed by atoms with E-state index in [1.807, 2.05) is 12.1 Å². The fourth-order valence-electron chi connectivity index (χ4n) is 6.01. The topological polar surface area (TPSA) is 33.2 Å². The molecular weight excluding hydrogens is 364 g/mol. The second-order valence-corrected chi connectivity index (χ2v) is 10.6. The van der Waals surface area contributed by atoms with Gasteiger partial charge >= 0.3 is 0 Å². The number of aromatic nitrogens is 1. The molecule has 4 aliphatic rings. The van der Waals surface area contributed by atoms with Crippen LogP contribution < -0.4 is 0 Å². The van der Waals surface area contributed by atoms with Crippen molar-refractivity contribution in [2.24, 2.45) is 11.3 Å². The van der Waals surface area contributed by atoms with E-state index in [4.69, 9.17) is 16.6 Å². The Bertz CT molecular complexity index is 862. The Kier molecular flexibility index (Phi) is 3.88. The first-order chi connectivity index (χ1) is 12.4. The average molecular weight is 389 g/mol. The summed E-state index contributed by atoms with van der Waals surface area (Å²) in [6.07, 6.45) is 6.80. The first-order valence-electron chi connectivity index (χ1n) is 9.78. The fraction of sp³-hybridized carbons (Fsp3) is 0.619. The molecule has 0 radical (unpaired) electrons. The number of carbonyl (C=O) groups excluding carboxylic acids is 1. The maximum absolute atomic E-state index is 13.2.